The third kappa shape index (κ3) is 4.52. The molecule has 3 amide bonds. The predicted molar refractivity (Wildman–Crippen MR) is 137 cm³/mol. The summed E-state index contributed by atoms with van der Waals surface area (Å²) in [4.78, 5) is 54.6. The van der Waals surface area contributed by atoms with Gasteiger partial charge in [-0.1, -0.05) is 23.8 Å². The van der Waals surface area contributed by atoms with Gasteiger partial charge in [-0.2, -0.15) is 0 Å². The lowest BCUT2D eigenvalue weighted by Crippen LogP contribution is -2.31. The summed E-state index contributed by atoms with van der Waals surface area (Å²) >= 11 is 0. The number of esters is 1. The molecule has 192 valence electrons. The highest BCUT2D eigenvalue weighted by Gasteiger charge is 2.49. The standard InChI is InChI=1S/C29H30N2O6/c1-4-36-25-8-6-5-7-24(25)30-16-19(15-26(30)32)29(35)37-20-10-12-23(18(3)14-20)31-27(33)21-11-9-17(2)13-22(21)28(31)34/h5-10,12,14,19,21-22H,4,11,13,15-16H2,1-3H3/t19-,21+,22+/m1/s1. The van der Waals surface area contributed by atoms with Crippen LogP contribution in [0.15, 0.2) is 54.1 Å². The van der Waals surface area contributed by atoms with Crippen molar-refractivity contribution in [2.75, 3.05) is 23.0 Å². The molecule has 0 saturated carbocycles. The van der Waals surface area contributed by atoms with Crippen LogP contribution >= 0.6 is 0 Å². The molecule has 2 aromatic carbocycles. The van der Waals surface area contributed by atoms with Gasteiger partial charge in [-0.3, -0.25) is 19.2 Å². The van der Waals surface area contributed by atoms with Gasteiger partial charge in [0.15, 0.2) is 0 Å². The molecule has 0 spiro atoms. The fourth-order valence-electron chi connectivity index (χ4n) is 5.47. The van der Waals surface area contributed by atoms with Crippen LogP contribution in [0, 0.1) is 24.7 Å². The highest BCUT2D eigenvalue weighted by molar-refractivity contribution is 6.22. The minimum absolute atomic E-state index is 0.0450. The van der Waals surface area contributed by atoms with Crippen LogP contribution in [0.1, 0.15) is 38.7 Å². The van der Waals surface area contributed by atoms with Gasteiger partial charge in [-0.25, -0.2) is 4.90 Å². The van der Waals surface area contributed by atoms with Gasteiger partial charge in [0.1, 0.15) is 11.5 Å². The van der Waals surface area contributed by atoms with Crippen molar-refractivity contribution < 1.29 is 28.7 Å². The molecule has 2 saturated heterocycles. The van der Waals surface area contributed by atoms with E-state index in [1.807, 2.05) is 32.1 Å². The average Bonchev–Trinajstić information content (AvgIpc) is 3.37. The molecule has 3 aliphatic rings. The van der Waals surface area contributed by atoms with Crippen molar-refractivity contribution >= 4 is 35.1 Å². The molecule has 2 heterocycles. The molecular formula is C29H30N2O6. The molecule has 5 rings (SSSR count). The van der Waals surface area contributed by atoms with E-state index in [1.54, 1.807) is 42.2 Å². The number of hydrogen-bond acceptors (Lipinski definition) is 6. The van der Waals surface area contributed by atoms with E-state index in [0.29, 0.717) is 47.9 Å². The molecule has 2 aromatic rings. The zero-order valence-corrected chi connectivity index (χ0v) is 21.2. The van der Waals surface area contributed by atoms with Crippen LogP contribution in [0.3, 0.4) is 0 Å². The fraction of sp³-hybridized carbons (Fsp3) is 0.379. The second-order valence-corrected chi connectivity index (χ2v) is 9.89. The summed E-state index contributed by atoms with van der Waals surface area (Å²) in [7, 11) is 0. The lowest BCUT2D eigenvalue weighted by atomic mass is 9.82. The van der Waals surface area contributed by atoms with E-state index in [2.05, 4.69) is 0 Å². The topological polar surface area (TPSA) is 93.2 Å². The van der Waals surface area contributed by atoms with E-state index in [9.17, 15) is 19.2 Å². The van der Waals surface area contributed by atoms with Gasteiger partial charge in [-0.05, 0) is 69.5 Å². The first-order valence-electron chi connectivity index (χ1n) is 12.7. The summed E-state index contributed by atoms with van der Waals surface area (Å²) in [5.74, 6) is -1.38. The smallest absolute Gasteiger partial charge is 0.316 e. The molecule has 0 aromatic heterocycles. The maximum absolute atomic E-state index is 13.1. The molecule has 8 nitrogen and oxygen atoms in total. The summed E-state index contributed by atoms with van der Waals surface area (Å²) in [6, 6.07) is 12.1. The van der Waals surface area contributed by atoms with Crippen LogP contribution in [-0.2, 0) is 19.2 Å². The van der Waals surface area contributed by atoms with Crippen molar-refractivity contribution in [2.24, 2.45) is 17.8 Å². The number of anilines is 2. The summed E-state index contributed by atoms with van der Waals surface area (Å²) in [5, 5.41) is 0. The predicted octanol–water partition coefficient (Wildman–Crippen LogP) is 4.20. The Morgan fingerprint density at radius 1 is 0.973 bits per heavy atom. The third-order valence-electron chi connectivity index (χ3n) is 7.36. The average molecular weight is 503 g/mol. The van der Waals surface area contributed by atoms with E-state index in [0.717, 1.165) is 5.57 Å². The fourth-order valence-corrected chi connectivity index (χ4v) is 5.47. The Labute approximate surface area is 215 Å². The summed E-state index contributed by atoms with van der Waals surface area (Å²) in [5.41, 5.74) is 2.94. The Bertz CT molecular complexity index is 1320. The molecule has 0 bridgehead atoms. The number of rotatable bonds is 6. The van der Waals surface area contributed by atoms with Crippen LogP contribution in [0.25, 0.3) is 0 Å². The van der Waals surface area contributed by atoms with Crippen molar-refractivity contribution in [1.82, 2.24) is 0 Å². The lowest BCUT2D eigenvalue weighted by Gasteiger charge is -2.20. The number of imide groups is 1. The first-order chi connectivity index (χ1) is 17.8. The molecule has 2 fully saturated rings. The Morgan fingerprint density at radius 2 is 1.73 bits per heavy atom. The second-order valence-electron chi connectivity index (χ2n) is 9.89. The molecule has 8 heteroatoms. The Morgan fingerprint density at radius 3 is 2.49 bits per heavy atom. The molecule has 2 aliphatic heterocycles. The monoisotopic (exact) mass is 502 g/mol. The van der Waals surface area contributed by atoms with E-state index < -0.39 is 11.9 Å². The minimum atomic E-state index is -0.622. The highest BCUT2D eigenvalue weighted by Crippen LogP contribution is 2.41. The molecular weight excluding hydrogens is 472 g/mol. The zero-order chi connectivity index (χ0) is 26.3. The van der Waals surface area contributed by atoms with Crippen molar-refractivity contribution in [3.8, 4) is 11.5 Å². The second kappa shape index (κ2) is 9.84. The number of allylic oxidation sites excluding steroid dienone is 2. The van der Waals surface area contributed by atoms with Gasteiger partial charge in [0, 0.05) is 13.0 Å². The van der Waals surface area contributed by atoms with Crippen molar-refractivity contribution in [2.45, 2.75) is 40.0 Å². The van der Waals surface area contributed by atoms with Crippen molar-refractivity contribution in [1.29, 1.82) is 0 Å². The minimum Gasteiger partial charge on any atom is -0.492 e. The number of aryl methyl sites for hydroxylation is 1. The van der Waals surface area contributed by atoms with E-state index >= 15 is 0 Å². The molecule has 37 heavy (non-hydrogen) atoms. The van der Waals surface area contributed by atoms with Gasteiger partial charge in [0.05, 0.1) is 35.7 Å². The summed E-state index contributed by atoms with van der Waals surface area (Å²) in [6.45, 7) is 6.30. The van der Waals surface area contributed by atoms with Crippen LogP contribution in [0.5, 0.6) is 11.5 Å². The number of nitrogens with zero attached hydrogens (tertiary/aromatic N) is 2. The first-order valence-corrected chi connectivity index (χ1v) is 12.7. The normalized spacial score (nSPS) is 23.3. The number of para-hydroxylation sites is 2. The number of carbonyl (C=O) groups is 4. The number of carbonyl (C=O) groups excluding carboxylic acids is 4. The van der Waals surface area contributed by atoms with Crippen LogP contribution in [-0.4, -0.2) is 36.8 Å². The zero-order valence-electron chi connectivity index (χ0n) is 21.2. The van der Waals surface area contributed by atoms with E-state index in [4.69, 9.17) is 9.47 Å². The van der Waals surface area contributed by atoms with Crippen LogP contribution in [0.2, 0.25) is 0 Å². The van der Waals surface area contributed by atoms with Gasteiger partial charge in [0.2, 0.25) is 17.7 Å². The van der Waals surface area contributed by atoms with Gasteiger partial charge < -0.3 is 14.4 Å². The third-order valence-corrected chi connectivity index (χ3v) is 7.36. The Hall–Kier alpha value is -3.94. The van der Waals surface area contributed by atoms with Crippen molar-refractivity contribution in [3.05, 3.63) is 59.7 Å². The lowest BCUT2D eigenvalue weighted by molar-refractivity contribution is -0.139. The number of benzene rings is 2. The SMILES string of the molecule is CCOc1ccccc1N1C[C@H](C(=O)Oc2ccc(N3C(=O)[C@H]4CC=C(C)C[C@@H]4C3=O)c(C)c2)CC1=O. The molecule has 1 aliphatic carbocycles. The Balaban J connectivity index is 1.28. The van der Waals surface area contributed by atoms with Crippen molar-refractivity contribution in [3.63, 3.8) is 0 Å². The summed E-state index contributed by atoms with van der Waals surface area (Å²) in [6.07, 6.45) is 3.27. The van der Waals surface area contributed by atoms with Gasteiger partial charge in [-0.15, -0.1) is 0 Å². The van der Waals surface area contributed by atoms with E-state index in [1.165, 1.54) is 4.90 Å². The number of amides is 3. The number of ether oxygens (including phenoxy) is 2. The molecule has 3 atom stereocenters. The van der Waals surface area contributed by atoms with Crippen LogP contribution < -0.4 is 19.3 Å². The van der Waals surface area contributed by atoms with Crippen LogP contribution in [0.4, 0.5) is 11.4 Å². The molecule has 0 N–H and O–H groups in total. The quantitative estimate of drug-likeness (QED) is 0.254. The maximum atomic E-state index is 13.1. The molecule has 0 radical (unpaired) electrons. The van der Waals surface area contributed by atoms with Gasteiger partial charge >= 0.3 is 5.97 Å². The Kier molecular flexibility index (Phi) is 6.58. The number of fused-ring (bicyclic) bond motifs is 1. The van der Waals surface area contributed by atoms with Gasteiger partial charge in [0.25, 0.3) is 0 Å². The number of hydrogen-bond donors (Lipinski definition) is 0. The molecule has 0 unspecified atom stereocenters. The largest absolute Gasteiger partial charge is 0.492 e. The highest BCUT2D eigenvalue weighted by atomic mass is 16.5. The maximum Gasteiger partial charge on any atom is 0.316 e. The summed E-state index contributed by atoms with van der Waals surface area (Å²) < 4.78 is 11.3. The first kappa shape index (κ1) is 24.7. The van der Waals surface area contributed by atoms with E-state index in [-0.39, 0.29) is 42.5 Å².